The Balaban J connectivity index is 2.32. The lowest BCUT2D eigenvalue weighted by molar-refractivity contribution is -0.491. The van der Waals surface area contributed by atoms with E-state index in [1.165, 1.54) is 11.1 Å². The van der Waals surface area contributed by atoms with Gasteiger partial charge in [-0.05, 0) is 18.1 Å². The first-order valence-electron chi connectivity index (χ1n) is 5.12. The van der Waals surface area contributed by atoms with Gasteiger partial charge in [0, 0.05) is 18.1 Å². The first-order valence-corrected chi connectivity index (χ1v) is 5.12. The topological polar surface area (TPSA) is 16.1 Å². The zero-order chi connectivity index (χ0) is 9.97. The maximum Gasteiger partial charge on any atom is 0.163 e. The second-order valence-electron chi connectivity index (χ2n) is 3.70. The van der Waals surface area contributed by atoms with Crippen molar-refractivity contribution in [1.82, 2.24) is 0 Å². The van der Waals surface area contributed by atoms with Gasteiger partial charge in [0.25, 0.3) is 0 Å². The molecule has 0 aliphatic carbocycles. The zero-order valence-corrected chi connectivity index (χ0v) is 8.79. The Morgan fingerprint density at radius 1 is 1.50 bits per heavy atom. The summed E-state index contributed by atoms with van der Waals surface area (Å²) in [6.45, 7) is 3.24. The predicted octanol–water partition coefficient (Wildman–Crippen LogP) is 2.34. The molecule has 0 fully saturated rings. The molecule has 14 heavy (non-hydrogen) atoms. The molecule has 0 saturated carbocycles. The number of allylic oxidation sites excluding steroid dienone is 1. The Kier molecular flexibility index (Phi) is 2.53. The second kappa shape index (κ2) is 3.82. The molecule has 0 unspecified atom stereocenters. The fourth-order valence-electron chi connectivity index (χ4n) is 1.76. The highest BCUT2D eigenvalue weighted by atomic mass is 16.3. The molecule has 1 aliphatic rings. The molecule has 1 aliphatic heterocycles. The maximum atomic E-state index is 5.52. The molecule has 0 saturated heterocycles. The minimum atomic E-state index is 1.04. The molecule has 0 atom stereocenters. The van der Waals surface area contributed by atoms with Crippen LogP contribution in [0.15, 0.2) is 22.8 Å². The van der Waals surface area contributed by atoms with Crippen molar-refractivity contribution in [2.24, 2.45) is 0 Å². The van der Waals surface area contributed by atoms with Crippen LogP contribution < -0.4 is 0 Å². The molecule has 1 aromatic heterocycles. The van der Waals surface area contributed by atoms with E-state index in [4.69, 9.17) is 4.42 Å². The first kappa shape index (κ1) is 9.25. The van der Waals surface area contributed by atoms with Crippen LogP contribution in [-0.2, 0) is 6.42 Å². The third kappa shape index (κ3) is 1.65. The molecule has 0 spiro atoms. The van der Waals surface area contributed by atoms with E-state index in [-0.39, 0.29) is 0 Å². The van der Waals surface area contributed by atoms with Crippen molar-refractivity contribution < 1.29 is 8.99 Å². The summed E-state index contributed by atoms with van der Waals surface area (Å²) in [5.41, 5.74) is 2.64. The Labute approximate surface area is 84.6 Å². The largest absolute Gasteiger partial charge is 0.464 e. The molecule has 0 amide bonds. The van der Waals surface area contributed by atoms with E-state index >= 15 is 0 Å². The van der Waals surface area contributed by atoms with E-state index in [0.717, 1.165) is 25.1 Å². The molecule has 0 radical (unpaired) electrons. The smallest absolute Gasteiger partial charge is 0.163 e. The standard InChI is InChI=1S/C12H16NO/c1-3-10-6-9-14-12(10)11-4-7-13(2)8-5-11/h4,6-7,9H,3,5,8H2,1-2H3/q+1. The van der Waals surface area contributed by atoms with Crippen LogP contribution in [-0.4, -0.2) is 24.4 Å². The first-order chi connectivity index (χ1) is 6.81. The predicted molar refractivity (Wildman–Crippen MR) is 57.8 cm³/mol. The van der Waals surface area contributed by atoms with Crippen LogP contribution in [0.1, 0.15) is 24.7 Å². The van der Waals surface area contributed by atoms with Crippen molar-refractivity contribution >= 4 is 11.8 Å². The van der Waals surface area contributed by atoms with Crippen LogP contribution >= 0.6 is 0 Å². The van der Waals surface area contributed by atoms with E-state index in [9.17, 15) is 0 Å². The van der Waals surface area contributed by atoms with E-state index in [2.05, 4.69) is 36.9 Å². The van der Waals surface area contributed by atoms with Gasteiger partial charge in [0.15, 0.2) is 6.21 Å². The van der Waals surface area contributed by atoms with E-state index < -0.39 is 0 Å². The number of nitrogens with zero attached hydrogens (tertiary/aromatic N) is 1. The number of hydrogen-bond donors (Lipinski definition) is 0. The zero-order valence-electron chi connectivity index (χ0n) is 8.79. The van der Waals surface area contributed by atoms with Gasteiger partial charge in [-0.1, -0.05) is 6.92 Å². The second-order valence-corrected chi connectivity index (χ2v) is 3.70. The van der Waals surface area contributed by atoms with Gasteiger partial charge in [0.1, 0.15) is 19.4 Å². The summed E-state index contributed by atoms with van der Waals surface area (Å²) < 4.78 is 7.72. The highest BCUT2D eigenvalue weighted by Gasteiger charge is 2.14. The lowest BCUT2D eigenvalue weighted by atomic mass is 10.0. The van der Waals surface area contributed by atoms with Crippen molar-refractivity contribution in [2.45, 2.75) is 19.8 Å². The Bertz CT molecular complexity index is 385. The van der Waals surface area contributed by atoms with E-state index in [0.29, 0.717) is 0 Å². The van der Waals surface area contributed by atoms with Gasteiger partial charge in [-0.2, -0.15) is 0 Å². The van der Waals surface area contributed by atoms with Crippen LogP contribution in [0.5, 0.6) is 0 Å². The molecule has 0 aromatic carbocycles. The quantitative estimate of drug-likeness (QED) is 0.654. The van der Waals surface area contributed by atoms with Gasteiger partial charge < -0.3 is 4.42 Å². The van der Waals surface area contributed by atoms with Crippen molar-refractivity contribution in [3.05, 3.63) is 29.7 Å². The minimum absolute atomic E-state index is 1.04. The fourth-order valence-corrected chi connectivity index (χ4v) is 1.76. The van der Waals surface area contributed by atoms with Crippen LogP contribution in [0.25, 0.3) is 5.57 Å². The normalized spacial score (nSPS) is 16.4. The number of rotatable bonds is 2. The average molecular weight is 190 g/mol. The summed E-state index contributed by atoms with van der Waals surface area (Å²) in [4.78, 5) is 0. The number of furan rings is 1. The summed E-state index contributed by atoms with van der Waals surface area (Å²) in [5, 5.41) is 0. The molecular formula is C12H16NO+. The molecule has 2 heterocycles. The van der Waals surface area contributed by atoms with Crippen molar-refractivity contribution in [2.75, 3.05) is 13.6 Å². The highest BCUT2D eigenvalue weighted by molar-refractivity contribution is 5.82. The molecule has 2 nitrogen and oxygen atoms in total. The van der Waals surface area contributed by atoms with Gasteiger partial charge in [-0.25, -0.2) is 4.58 Å². The van der Waals surface area contributed by atoms with Crippen molar-refractivity contribution in [3.8, 4) is 0 Å². The van der Waals surface area contributed by atoms with E-state index in [1.54, 1.807) is 6.26 Å². The molecular weight excluding hydrogens is 174 g/mol. The minimum Gasteiger partial charge on any atom is -0.464 e. The molecule has 74 valence electrons. The Hall–Kier alpha value is -1.31. The van der Waals surface area contributed by atoms with Gasteiger partial charge in [-0.15, -0.1) is 0 Å². The fraction of sp³-hybridized carbons (Fsp3) is 0.417. The van der Waals surface area contributed by atoms with Gasteiger partial charge in [0.05, 0.1) is 6.26 Å². The lowest BCUT2D eigenvalue weighted by Gasteiger charge is -2.07. The highest BCUT2D eigenvalue weighted by Crippen LogP contribution is 2.24. The molecule has 1 aromatic rings. The van der Waals surface area contributed by atoms with Crippen LogP contribution in [0.4, 0.5) is 0 Å². The molecule has 2 rings (SSSR count). The molecule has 0 bridgehead atoms. The molecule has 0 N–H and O–H groups in total. The van der Waals surface area contributed by atoms with Crippen molar-refractivity contribution in [1.29, 1.82) is 0 Å². The van der Waals surface area contributed by atoms with E-state index in [1.807, 2.05) is 0 Å². The van der Waals surface area contributed by atoms with Crippen LogP contribution in [0.3, 0.4) is 0 Å². The van der Waals surface area contributed by atoms with Crippen molar-refractivity contribution in [3.63, 3.8) is 0 Å². The summed E-state index contributed by atoms with van der Waals surface area (Å²) in [6.07, 6.45) is 8.17. The van der Waals surface area contributed by atoms with Crippen LogP contribution in [0.2, 0.25) is 0 Å². The molecule has 2 heteroatoms. The lowest BCUT2D eigenvalue weighted by Crippen LogP contribution is -2.13. The summed E-state index contributed by atoms with van der Waals surface area (Å²) in [5.74, 6) is 1.08. The monoisotopic (exact) mass is 190 g/mol. The number of hydrogen-bond acceptors (Lipinski definition) is 1. The maximum absolute atomic E-state index is 5.52. The van der Waals surface area contributed by atoms with Gasteiger partial charge >= 0.3 is 0 Å². The summed E-state index contributed by atoms with van der Waals surface area (Å²) >= 11 is 0. The van der Waals surface area contributed by atoms with Gasteiger partial charge in [0.2, 0.25) is 0 Å². The third-order valence-electron chi connectivity index (χ3n) is 2.68. The third-order valence-corrected chi connectivity index (χ3v) is 2.68. The Morgan fingerprint density at radius 2 is 2.36 bits per heavy atom. The SMILES string of the molecule is CCc1ccoc1C1=CC=[N+](C)CC1. The Morgan fingerprint density at radius 3 is 3.00 bits per heavy atom. The van der Waals surface area contributed by atoms with Crippen LogP contribution in [0, 0.1) is 0 Å². The summed E-state index contributed by atoms with van der Waals surface area (Å²) in [7, 11) is 2.09. The van der Waals surface area contributed by atoms with Gasteiger partial charge in [-0.3, -0.25) is 0 Å². The average Bonchev–Trinajstić information content (AvgIpc) is 2.67. The number of aryl methyl sites for hydroxylation is 1. The summed E-state index contributed by atoms with van der Waals surface area (Å²) in [6, 6.07) is 2.06.